The highest BCUT2D eigenvalue weighted by molar-refractivity contribution is 5.83. The second-order valence-electron chi connectivity index (χ2n) is 5.16. The molecule has 0 aliphatic rings. The van der Waals surface area contributed by atoms with Crippen molar-refractivity contribution in [1.29, 1.82) is 0 Å². The molecule has 0 saturated heterocycles. The van der Waals surface area contributed by atoms with Gasteiger partial charge in [0, 0.05) is 14.4 Å². The van der Waals surface area contributed by atoms with E-state index in [0.29, 0.717) is 13.0 Å². The lowest BCUT2D eigenvalue weighted by Gasteiger charge is -2.12. The Hall–Kier alpha value is -1.84. The fourth-order valence-electron chi connectivity index (χ4n) is 2.11. The number of ether oxygens (including phenoxy) is 1. The minimum absolute atomic E-state index is 0. The molecule has 1 rings (SSSR count). The molecule has 1 aromatic carbocycles. The van der Waals surface area contributed by atoms with E-state index in [2.05, 4.69) is 10.1 Å². The molecule has 1 atom stereocenters. The molecule has 4 heteroatoms. The van der Waals surface area contributed by atoms with Crippen LogP contribution in [0.1, 0.15) is 51.9 Å². The summed E-state index contributed by atoms with van der Waals surface area (Å²) in [6, 6.07) is 9.78. The number of hydrogen-bond donors (Lipinski definition) is 1. The van der Waals surface area contributed by atoms with Gasteiger partial charge in [-0.2, -0.15) is 0 Å². The molecule has 1 amide bonds. The molecule has 0 unspecified atom stereocenters. The van der Waals surface area contributed by atoms with Crippen molar-refractivity contribution in [3.05, 3.63) is 35.9 Å². The maximum atomic E-state index is 12.0. The van der Waals surface area contributed by atoms with Crippen LogP contribution in [0.5, 0.6) is 0 Å². The van der Waals surface area contributed by atoms with Crippen LogP contribution in [-0.2, 0) is 14.3 Å². The monoisotopic (exact) mass is 293 g/mol. The lowest BCUT2D eigenvalue weighted by molar-refractivity contribution is -0.140. The molecular weight excluding hydrogens is 266 g/mol. The van der Waals surface area contributed by atoms with Crippen molar-refractivity contribution < 1.29 is 15.8 Å². The molecule has 0 radical (unpaired) electrons. The average molecular weight is 293 g/mol. The van der Waals surface area contributed by atoms with Crippen LogP contribution < -0.4 is 5.32 Å². The molecular formula is C17H27NO3. The Morgan fingerprint density at radius 1 is 1.14 bits per heavy atom. The van der Waals surface area contributed by atoms with Gasteiger partial charge in [-0.15, -0.1) is 0 Å². The van der Waals surface area contributed by atoms with E-state index >= 15 is 0 Å². The zero-order valence-corrected chi connectivity index (χ0v) is 12.9. The first-order valence-electron chi connectivity index (χ1n) is 7.54. The number of rotatable bonds is 9. The Balaban J connectivity index is 0.00000441. The normalized spacial score (nSPS) is 11.7. The van der Waals surface area contributed by atoms with Gasteiger partial charge < -0.3 is 10.1 Å². The van der Waals surface area contributed by atoms with Gasteiger partial charge in [-0.05, 0) is 25.3 Å². The number of methoxy groups -OCH3 is 1. The summed E-state index contributed by atoms with van der Waals surface area (Å²) in [6.45, 7) is 2.61. The van der Waals surface area contributed by atoms with Crippen molar-refractivity contribution in [3.63, 3.8) is 0 Å². The Kier molecular flexibility index (Phi) is 8.17. The average Bonchev–Trinajstić information content (AvgIpc) is 2.53. The lowest BCUT2D eigenvalue weighted by Crippen LogP contribution is -2.28. The first-order valence-corrected chi connectivity index (χ1v) is 7.54. The minimum atomic E-state index is -0.153. The van der Waals surface area contributed by atoms with Gasteiger partial charge in [-0.3, -0.25) is 9.59 Å². The molecule has 0 aliphatic carbocycles. The zero-order chi connectivity index (χ0) is 15.5. The number of benzene rings is 1. The van der Waals surface area contributed by atoms with E-state index in [1.54, 1.807) is 0 Å². The van der Waals surface area contributed by atoms with Gasteiger partial charge in [0.05, 0.1) is 13.0 Å². The summed E-state index contributed by atoms with van der Waals surface area (Å²) in [5, 5.41) is 2.96. The first kappa shape index (κ1) is 17.2. The lowest BCUT2D eigenvalue weighted by atomic mass is 10.0. The fraction of sp³-hybridized carbons (Fsp3) is 0.529. The van der Waals surface area contributed by atoms with E-state index in [1.165, 1.54) is 7.11 Å². The number of nitrogens with one attached hydrogen (secondary N) is 1. The van der Waals surface area contributed by atoms with Crippen molar-refractivity contribution in [1.82, 2.24) is 5.32 Å². The van der Waals surface area contributed by atoms with E-state index < -0.39 is 0 Å². The van der Waals surface area contributed by atoms with Crippen LogP contribution in [-0.4, -0.2) is 25.5 Å². The molecule has 21 heavy (non-hydrogen) atoms. The van der Waals surface area contributed by atoms with Crippen LogP contribution in [0, 0.1) is 0 Å². The third-order valence-corrected chi connectivity index (χ3v) is 3.53. The summed E-state index contributed by atoms with van der Waals surface area (Å²) < 4.78 is 4.58. The van der Waals surface area contributed by atoms with Gasteiger partial charge in [0.2, 0.25) is 5.91 Å². The maximum absolute atomic E-state index is 12.0. The Morgan fingerprint density at radius 2 is 1.81 bits per heavy atom. The molecule has 0 saturated carbocycles. The molecule has 1 N–H and O–H groups in total. The summed E-state index contributed by atoms with van der Waals surface area (Å²) in [5.41, 5.74) is 1.04. The molecule has 0 fully saturated rings. The number of hydrogen-bond acceptors (Lipinski definition) is 3. The largest absolute Gasteiger partial charge is 0.469 e. The van der Waals surface area contributed by atoms with Crippen molar-refractivity contribution in [3.8, 4) is 0 Å². The predicted molar refractivity (Wildman–Crippen MR) is 85.1 cm³/mol. The molecule has 118 valence electrons. The van der Waals surface area contributed by atoms with Crippen LogP contribution in [0.25, 0.3) is 0 Å². The van der Waals surface area contributed by atoms with Gasteiger partial charge in [0.15, 0.2) is 0 Å². The molecule has 0 bridgehead atoms. The highest BCUT2D eigenvalue weighted by Gasteiger charge is 2.13. The molecule has 0 spiro atoms. The third kappa shape index (κ3) is 6.93. The van der Waals surface area contributed by atoms with E-state index in [9.17, 15) is 9.59 Å². The minimum Gasteiger partial charge on any atom is -0.469 e. The SMILES string of the molecule is COC(=O)CCCCCCNC(=O)[C@H](C)c1ccccc1.[HH]. The number of carbonyl (C=O) groups excluding carboxylic acids is 2. The number of esters is 1. The maximum Gasteiger partial charge on any atom is 0.305 e. The van der Waals surface area contributed by atoms with Gasteiger partial charge >= 0.3 is 5.97 Å². The molecule has 4 nitrogen and oxygen atoms in total. The van der Waals surface area contributed by atoms with Crippen molar-refractivity contribution in [2.75, 3.05) is 13.7 Å². The Bertz CT molecular complexity index is 437. The topological polar surface area (TPSA) is 55.4 Å². The summed E-state index contributed by atoms with van der Waals surface area (Å²) >= 11 is 0. The van der Waals surface area contributed by atoms with Gasteiger partial charge in [0.1, 0.15) is 0 Å². The highest BCUT2D eigenvalue weighted by Crippen LogP contribution is 2.14. The van der Waals surface area contributed by atoms with Crippen LogP contribution in [0.3, 0.4) is 0 Å². The zero-order valence-electron chi connectivity index (χ0n) is 12.9. The molecule has 0 aliphatic heterocycles. The van der Waals surface area contributed by atoms with E-state index in [-0.39, 0.29) is 19.2 Å². The van der Waals surface area contributed by atoms with Crippen molar-refractivity contribution in [2.24, 2.45) is 0 Å². The summed E-state index contributed by atoms with van der Waals surface area (Å²) in [5.74, 6) is -0.207. The second kappa shape index (κ2) is 9.97. The van der Waals surface area contributed by atoms with Gasteiger partial charge in [0.25, 0.3) is 0 Å². The Labute approximate surface area is 128 Å². The van der Waals surface area contributed by atoms with Crippen LogP contribution in [0.4, 0.5) is 0 Å². The van der Waals surface area contributed by atoms with Gasteiger partial charge in [-0.25, -0.2) is 0 Å². The second-order valence-corrected chi connectivity index (χ2v) is 5.16. The summed E-state index contributed by atoms with van der Waals surface area (Å²) in [4.78, 5) is 22.9. The van der Waals surface area contributed by atoms with Crippen LogP contribution >= 0.6 is 0 Å². The molecule has 1 aromatic rings. The quantitative estimate of drug-likeness (QED) is 0.561. The number of unbranched alkanes of at least 4 members (excludes halogenated alkanes) is 3. The number of amides is 1. The Morgan fingerprint density at radius 3 is 2.48 bits per heavy atom. The van der Waals surface area contributed by atoms with E-state index in [0.717, 1.165) is 31.2 Å². The summed E-state index contributed by atoms with van der Waals surface area (Å²) in [7, 11) is 1.41. The van der Waals surface area contributed by atoms with Crippen molar-refractivity contribution >= 4 is 11.9 Å². The van der Waals surface area contributed by atoms with Crippen LogP contribution in [0.15, 0.2) is 30.3 Å². The van der Waals surface area contributed by atoms with Crippen molar-refractivity contribution in [2.45, 2.75) is 44.9 Å². The molecule has 0 aromatic heterocycles. The standard InChI is InChI=1S/C17H25NO3.H2/c1-14(15-10-6-5-7-11-15)17(20)18-13-9-4-3-8-12-16(19)21-2;/h5-7,10-11,14H,3-4,8-9,12-13H2,1-2H3,(H,18,20);1H/t14-;/m1./s1. The van der Waals surface area contributed by atoms with Crippen LogP contribution in [0.2, 0.25) is 0 Å². The molecule has 0 heterocycles. The third-order valence-electron chi connectivity index (χ3n) is 3.53. The fourth-order valence-corrected chi connectivity index (χ4v) is 2.11. The smallest absolute Gasteiger partial charge is 0.305 e. The van der Waals surface area contributed by atoms with E-state index in [4.69, 9.17) is 0 Å². The summed E-state index contributed by atoms with van der Waals surface area (Å²) in [6.07, 6.45) is 4.26. The highest BCUT2D eigenvalue weighted by atomic mass is 16.5. The first-order chi connectivity index (χ1) is 10.1. The predicted octanol–water partition coefficient (Wildman–Crippen LogP) is 3.28. The van der Waals surface area contributed by atoms with E-state index in [1.807, 2.05) is 37.3 Å². The number of carbonyl (C=O) groups is 2. The van der Waals surface area contributed by atoms with Gasteiger partial charge in [-0.1, -0.05) is 43.2 Å².